The van der Waals surface area contributed by atoms with Gasteiger partial charge in [0.05, 0.1) is 0 Å². The average Bonchev–Trinajstić information content (AvgIpc) is 2.44. The van der Waals surface area contributed by atoms with Gasteiger partial charge in [-0.05, 0) is 50.6 Å². The molecule has 3 nitrogen and oxygen atoms in total. The van der Waals surface area contributed by atoms with Crippen molar-refractivity contribution in [2.75, 3.05) is 18.4 Å². The van der Waals surface area contributed by atoms with E-state index in [0.717, 1.165) is 11.3 Å². The number of rotatable bonds is 6. The van der Waals surface area contributed by atoms with Crippen molar-refractivity contribution in [3.63, 3.8) is 0 Å². The predicted octanol–water partition coefficient (Wildman–Crippen LogP) is 4.39. The van der Waals surface area contributed by atoms with Gasteiger partial charge >= 0.3 is 0 Å². The number of nitrogens with one attached hydrogen (secondary N) is 2. The molecule has 1 aromatic carbocycles. The molecular weight excluding hydrogens is 272 g/mol. The number of anilines is 1. The zero-order valence-corrected chi connectivity index (χ0v) is 13.8. The van der Waals surface area contributed by atoms with Gasteiger partial charge in [0.2, 0.25) is 5.91 Å². The Labute approximate surface area is 128 Å². The largest absolute Gasteiger partial charge is 0.326 e. The molecule has 0 radical (unpaired) electrons. The van der Waals surface area contributed by atoms with Gasteiger partial charge in [0.25, 0.3) is 0 Å². The lowest BCUT2D eigenvalue weighted by Gasteiger charge is -2.04. The molecule has 0 spiro atoms. The predicted molar refractivity (Wildman–Crippen MR) is 88.6 cm³/mol. The molecule has 0 fully saturated rings. The summed E-state index contributed by atoms with van der Waals surface area (Å²) in [6.45, 7) is 10.5. The zero-order chi connectivity index (χ0) is 15.4. The monoisotopic (exact) mass is 298 g/mol. The third kappa shape index (κ3) is 8.94. The first-order valence-corrected chi connectivity index (χ1v) is 7.69. The highest BCUT2D eigenvalue weighted by Gasteiger charge is 2.00. The Bertz CT molecular complexity index is 390. The van der Waals surface area contributed by atoms with Crippen LogP contribution < -0.4 is 10.6 Å². The fourth-order valence-corrected chi connectivity index (χ4v) is 1.58. The Kier molecular flexibility index (Phi) is 11.1. The van der Waals surface area contributed by atoms with Gasteiger partial charge in [-0.15, -0.1) is 0 Å². The van der Waals surface area contributed by atoms with Crippen molar-refractivity contribution in [2.24, 2.45) is 0 Å². The lowest BCUT2D eigenvalue weighted by atomic mass is 10.2. The number of hydrogen-bond acceptors (Lipinski definition) is 2. The van der Waals surface area contributed by atoms with E-state index in [1.165, 1.54) is 25.9 Å². The van der Waals surface area contributed by atoms with Crippen LogP contribution in [0.3, 0.4) is 0 Å². The molecule has 114 valence electrons. The van der Waals surface area contributed by atoms with Crippen LogP contribution in [0.15, 0.2) is 18.2 Å². The van der Waals surface area contributed by atoms with Crippen molar-refractivity contribution in [1.82, 2.24) is 5.32 Å². The van der Waals surface area contributed by atoms with Crippen LogP contribution in [0.4, 0.5) is 5.69 Å². The molecule has 0 bridgehead atoms. The smallest absolute Gasteiger partial charge is 0.224 e. The quantitative estimate of drug-likeness (QED) is 0.765. The first-order valence-electron chi connectivity index (χ1n) is 7.31. The minimum Gasteiger partial charge on any atom is -0.326 e. The highest BCUT2D eigenvalue weighted by atomic mass is 35.5. The molecule has 0 aromatic heterocycles. The molecule has 0 saturated carbocycles. The molecule has 0 aliphatic heterocycles. The summed E-state index contributed by atoms with van der Waals surface area (Å²) in [5, 5.41) is 6.70. The lowest BCUT2D eigenvalue weighted by molar-refractivity contribution is -0.115. The van der Waals surface area contributed by atoms with Gasteiger partial charge in [-0.25, -0.2) is 0 Å². The summed E-state index contributed by atoms with van der Waals surface area (Å²) in [6, 6.07) is 5.48. The van der Waals surface area contributed by atoms with E-state index in [1.54, 1.807) is 6.07 Å². The second-order valence-electron chi connectivity index (χ2n) is 4.62. The first kappa shape index (κ1) is 18.9. The molecular formula is C16H27ClN2O. The number of benzene rings is 1. The summed E-state index contributed by atoms with van der Waals surface area (Å²) >= 11 is 5.89. The van der Waals surface area contributed by atoms with Crippen LogP contribution in [0.5, 0.6) is 0 Å². The van der Waals surface area contributed by atoms with Gasteiger partial charge in [-0.3, -0.25) is 4.79 Å². The van der Waals surface area contributed by atoms with Crippen molar-refractivity contribution < 1.29 is 4.79 Å². The SMILES string of the molecule is CCC(=O)Nc1ccc(C)c(Cl)c1.CCCNCCC. The second kappa shape index (κ2) is 11.7. The fraction of sp³-hybridized carbons (Fsp3) is 0.562. The normalized spacial score (nSPS) is 9.65. The van der Waals surface area contributed by atoms with Crippen LogP contribution in [0.25, 0.3) is 0 Å². The Morgan fingerprint density at radius 2 is 1.75 bits per heavy atom. The number of carbonyl (C=O) groups is 1. The highest BCUT2D eigenvalue weighted by molar-refractivity contribution is 6.31. The molecule has 0 unspecified atom stereocenters. The van der Waals surface area contributed by atoms with E-state index in [0.29, 0.717) is 11.4 Å². The molecule has 1 aromatic rings. The van der Waals surface area contributed by atoms with E-state index < -0.39 is 0 Å². The molecule has 20 heavy (non-hydrogen) atoms. The maximum atomic E-state index is 11.0. The lowest BCUT2D eigenvalue weighted by Crippen LogP contribution is -2.14. The van der Waals surface area contributed by atoms with Gasteiger partial charge in [0, 0.05) is 17.1 Å². The maximum Gasteiger partial charge on any atom is 0.224 e. The third-order valence-electron chi connectivity index (χ3n) is 2.63. The van der Waals surface area contributed by atoms with Crippen LogP contribution in [-0.2, 0) is 4.79 Å². The molecule has 0 aliphatic carbocycles. The van der Waals surface area contributed by atoms with Gasteiger partial charge in [-0.1, -0.05) is 38.4 Å². The van der Waals surface area contributed by atoms with Crippen molar-refractivity contribution in [1.29, 1.82) is 0 Å². The molecule has 0 atom stereocenters. The van der Waals surface area contributed by atoms with Crippen LogP contribution in [0.1, 0.15) is 45.6 Å². The minimum atomic E-state index is -0.0000743. The van der Waals surface area contributed by atoms with E-state index in [2.05, 4.69) is 24.5 Å². The minimum absolute atomic E-state index is 0.0000743. The number of halogens is 1. The topological polar surface area (TPSA) is 41.1 Å². The van der Waals surface area contributed by atoms with Gasteiger partial charge in [0.15, 0.2) is 0 Å². The van der Waals surface area contributed by atoms with Gasteiger partial charge in [0.1, 0.15) is 0 Å². The Morgan fingerprint density at radius 1 is 1.15 bits per heavy atom. The number of hydrogen-bond donors (Lipinski definition) is 2. The van der Waals surface area contributed by atoms with E-state index in [-0.39, 0.29) is 5.91 Å². The summed E-state index contributed by atoms with van der Waals surface area (Å²) in [5.74, 6) is -0.0000743. The van der Waals surface area contributed by atoms with Gasteiger partial charge in [-0.2, -0.15) is 0 Å². The molecule has 0 aliphatic rings. The highest BCUT2D eigenvalue weighted by Crippen LogP contribution is 2.19. The summed E-state index contributed by atoms with van der Waals surface area (Å²) in [5.41, 5.74) is 1.76. The van der Waals surface area contributed by atoms with E-state index in [9.17, 15) is 4.79 Å². The van der Waals surface area contributed by atoms with Crippen LogP contribution in [0, 0.1) is 6.92 Å². The molecule has 1 amide bonds. The van der Waals surface area contributed by atoms with Crippen molar-refractivity contribution in [2.45, 2.75) is 47.0 Å². The van der Waals surface area contributed by atoms with E-state index >= 15 is 0 Å². The van der Waals surface area contributed by atoms with Crippen LogP contribution in [-0.4, -0.2) is 19.0 Å². The Morgan fingerprint density at radius 3 is 2.20 bits per heavy atom. The third-order valence-corrected chi connectivity index (χ3v) is 3.04. The van der Waals surface area contributed by atoms with Crippen molar-refractivity contribution in [3.8, 4) is 0 Å². The fourth-order valence-electron chi connectivity index (χ4n) is 1.40. The average molecular weight is 299 g/mol. The number of aryl methyl sites for hydroxylation is 1. The Balaban J connectivity index is 0.000000441. The van der Waals surface area contributed by atoms with E-state index in [4.69, 9.17) is 11.6 Å². The van der Waals surface area contributed by atoms with Crippen molar-refractivity contribution >= 4 is 23.2 Å². The second-order valence-corrected chi connectivity index (χ2v) is 5.02. The molecule has 0 saturated heterocycles. The van der Waals surface area contributed by atoms with Gasteiger partial charge < -0.3 is 10.6 Å². The summed E-state index contributed by atoms with van der Waals surface area (Å²) < 4.78 is 0. The maximum absolute atomic E-state index is 11.0. The van der Waals surface area contributed by atoms with E-state index in [1.807, 2.05) is 26.0 Å². The Hall–Kier alpha value is -1.06. The summed E-state index contributed by atoms with van der Waals surface area (Å²) in [4.78, 5) is 11.0. The molecule has 1 rings (SSSR count). The molecule has 2 N–H and O–H groups in total. The molecule has 0 heterocycles. The summed E-state index contributed by atoms with van der Waals surface area (Å²) in [7, 11) is 0. The molecule has 4 heteroatoms. The van der Waals surface area contributed by atoms with Crippen LogP contribution >= 0.6 is 11.6 Å². The first-order chi connectivity index (χ1) is 9.54. The van der Waals surface area contributed by atoms with Crippen molar-refractivity contribution in [3.05, 3.63) is 28.8 Å². The summed E-state index contributed by atoms with van der Waals surface area (Å²) in [6.07, 6.45) is 2.98. The zero-order valence-electron chi connectivity index (χ0n) is 13.1. The number of carbonyl (C=O) groups excluding carboxylic acids is 1. The standard InChI is InChI=1S/C10H12ClNO.C6H15N/c1-3-10(13)12-8-5-4-7(2)9(11)6-8;1-3-5-7-6-4-2/h4-6H,3H2,1-2H3,(H,12,13);7H,3-6H2,1-2H3. The number of amides is 1. The van der Waals surface area contributed by atoms with Crippen LogP contribution in [0.2, 0.25) is 5.02 Å².